The molecule has 0 radical (unpaired) electrons. The van der Waals surface area contributed by atoms with Crippen LogP contribution in [0.2, 0.25) is 0 Å². The molecule has 1 aliphatic carbocycles. The SMILES string of the molecule is CC1CC(C)CC(NC(=O)N[C@@H](CCC(=O)O)C(=O)O)C1. The number of aliphatic carboxylic acids is 2. The highest BCUT2D eigenvalue weighted by Crippen LogP contribution is 2.28. The molecule has 1 fully saturated rings. The van der Waals surface area contributed by atoms with Gasteiger partial charge in [0.05, 0.1) is 0 Å². The Bertz CT molecular complexity index is 389. The second-order valence-corrected chi connectivity index (χ2v) is 6.06. The third-order valence-corrected chi connectivity index (χ3v) is 3.76. The molecule has 0 heterocycles. The predicted molar refractivity (Wildman–Crippen MR) is 75.9 cm³/mol. The van der Waals surface area contributed by atoms with Gasteiger partial charge in [-0.15, -0.1) is 0 Å². The van der Waals surface area contributed by atoms with Crippen LogP contribution in [0.4, 0.5) is 4.79 Å². The molecule has 0 aromatic carbocycles. The summed E-state index contributed by atoms with van der Waals surface area (Å²) < 4.78 is 0. The molecule has 0 bridgehead atoms. The summed E-state index contributed by atoms with van der Waals surface area (Å²) in [6, 6.07) is -1.68. The van der Waals surface area contributed by atoms with E-state index < -0.39 is 24.0 Å². The highest BCUT2D eigenvalue weighted by atomic mass is 16.4. The third kappa shape index (κ3) is 6.46. The average Bonchev–Trinajstić information content (AvgIpc) is 2.32. The van der Waals surface area contributed by atoms with Crippen LogP contribution >= 0.6 is 0 Å². The van der Waals surface area contributed by atoms with Gasteiger partial charge in [0, 0.05) is 12.5 Å². The molecule has 0 aromatic heterocycles. The van der Waals surface area contributed by atoms with Crippen LogP contribution < -0.4 is 10.6 Å². The average molecular weight is 300 g/mol. The van der Waals surface area contributed by atoms with E-state index in [4.69, 9.17) is 10.2 Å². The van der Waals surface area contributed by atoms with Crippen LogP contribution in [-0.4, -0.2) is 40.3 Å². The van der Waals surface area contributed by atoms with Gasteiger partial charge >= 0.3 is 18.0 Å². The molecule has 0 aromatic rings. The van der Waals surface area contributed by atoms with Crippen molar-refractivity contribution in [1.29, 1.82) is 0 Å². The number of urea groups is 1. The fourth-order valence-corrected chi connectivity index (χ4v) is 2.98. The monoisotopic (exact) mass is 300 g/mol. The summed E-state index contributed by atoms with van der Waals surface area (Å²) in [6.45, 7) is 4.27. The standard InChI is InChI=1S/C14H24N2O5/c1-8-5-9(2)7-10(6-8)15-14(21)16-11(13(19)20)3-4-12(17)18/h8-11H,3-7H2,1-2H3,(H,17,18)(H,19,20)(H2,15,16,21)/t8?,9?,10?,11-/m0/s1. The van der Waals surface area contributed by atoms with E-state index in [-0.39, 0.29) is 18.9 Å². The Balaban J connectivity index is 2.46. The summed E-state index contributed by atoms with van der Waals surface area (Å²) in [4.78, 5) is 33.3. The lowest BCUT2D eigenvalue weighted by Gasteiger charge is -2.32. The normalized spacial score (nSPS) is 26.7. The van der Waals surface area contributed by atoms with Crippen molar-refractivity contribution in [3.8, 4) is 0 Å². The Morgan fingerprint density at radius 3 is 2.14 bits per heavy atom. The van der Waals surface area contributed by atoms with E-state index in [0.717, 1.165) is 19.3 Å². The molecular formula is C14H24N2O5. The molecule has 2 amide bonds. The molecule has 21 heavy (non-hydrogen) atoms. The molecule has 3 atom stereocenters. The third-order valence-electron chi connectivity index (χ3n) is 3.76. The molecule has 1 rings (SSSR count). The molecule has 0 saturated heterocycles. The lowest BCUT2D eigenvalue weighted by atomic mass is 9.80. The Morgan fingerprint density at radius 1 is 1.10 bits per heavy atom. The number of carbonyl (C=O) groups is 3. The van der Waals surface area contributed by atoms with E-state index in [9.17, 15) is 14.4 Å². The number of hydrogen-bond acceptors (Lipinski definition) is 3. The van der Waals surface area contributed by atoms with Crippen molar-refractivity contribution in [3.05, 3.63) is 0 Å². The zero-order chi connectivity index (χ0) is 16.0. The van der Waals surface area contributed by atoms with Gasteiger partial charge in [-0.05, 0) is 37.5 Å². The highest BCUT2D eigenvalue weighted by Gasteiger charge is 2.27. The van der Waals surface area contributed by atoms with Crippen molar-refractivity contribution < 1.29 is 24.6 Å². The lowest BCUT2D eigenvalue weighted by Crippen LogP contribution is -2.50. The second-order valence-electron chi connectivity index (χ2n) is 6.06. The number of carbonyl (C=O) groups excluding carboxylic acids is 1. The number of nitrogens with one attached hydrogen (secondary N) is 2. The zero-order valence-corrected chi connectivity index (χ0v) is 12.5. The summed E-state index contributed by atoms with van der Waals surface area (Å²) in [7, 11) is 0. The number of hydrogen-bond donors (Lipinski definition) is 4. The first kappa shape index (κ1) is 17.3. The summed E-state index contributed by atoms with van der Waals surface area (Å²) in [5, 5.41) is 22.7. The maximum absolute atomic E-state index is 11.9. The van der Waals surface area contributed by atoms with Gasteiger partial charge in [-0.25, -0.2) is 9.59 Å². The van der Waals surface area contributed by atoms with Crippen molar-refractivity contribution in [1.82, 2.24) is 10.6 Å². The molecule has 0 spiro atoms. The molecule has 4 N–H and O–H groups in total. The smallest absolute Gasteiger partial charge is 0.326 e. The van der Waals surface area contributed by atoms with Crippen molar-refractivity contribution in [2.75, 3.05) is 0 Å². The molecule has 7 nitrogen and oxygen atoms in total. The summed E-state index contributed by atoms with van der Waals surface area (Å²) in [5.74, 6) is -1.25. The molecule has 2 unspecified atom stereocenters. The fourth-order valence-electron chi connectivity index (χ4n) is 2.98. The Morgan fingerprint density at radius 2 is 1.67 bits per heavy atom. The van der Waals surface area contributed by atoms with Crippen LogP contribution in [0.25, 0.3) is 0 Å². The van der Waals surface area contributed by atoms with Gasteiger partial charge in [0.15, 0.2) is 0 Å². The fraction of sp³-hybridized carbons (Fsp3) is 0.786. The second kappa shape index (κ2) is 7.85. The largest absolute Gasteiger partial charge is 0.481 e. The van der Waals surface area contributed by atoms with Gasteiger partial charge in [-0.1, -0.05) is 13.8 Å². The molecule has 120 valence electrons. The minimum absolute atomic E-state index is 0.0395. The van der Waals surface area contributed by atoms with E-state index in [1.807, 2.05) is 0 Å². The van der Waals surface area contributed by atoms with Crippen molar-refractivity contribution in [3.63, 3.8) is 0 Å². The minimum atomic E-state index is -1.23. The van der Waals surface area contributed by atoms with Crippen molar-refractivity contribution >= 4 is 18.0 Å². The van der Waals surface area contributed by atoms with Gasteiger partial charge in [0.2, 0.25) is 0 Å². The maximum Gasteiger partial charge on any atom is 0.326 e. The Labute approximate surface area is 124 Å². The maximum atomic E-state index is 11.9. The number of rotatable bonds is 6. The van der Waals surface area contributed by atoms with Crippen LogP contribution in [-0.2, 0) is 9.59 Å². The highest BCUT2D eigenvalue weighted by molar-refractivity contribution is 5.83. The van der Waals surface area contributed by atoms with Gasteiger partial charge in [0.1, 0.15) is 6.04 Å². The molecule has 1 aliphatic rings. The number of carboxylic acid groups (broad SMARTS) is 2. The molecule has 1 saturated carbocycles. The first-order valence-electron chi connectivity index (χ1n) is 7.29. The minimum Gasteiger partial charge on any atom is -0.481 e. The van der Waals surface area contributed by atoms with E-state index in [1.165, 1.54) is 0 Å². The Kier molecular flexibility index (Phi) is 6.45. The predicted octanol–water partition coefficient (Wildman–Crippen LogP) is 1.43. The number of carboxylic acids is 2. The summed E-state index contributed by atoms with van der Waals surface area (Å²) >= 11 is 0. The number of amides is 2. The van der Waals surface area contributed by atoms with E-state index in [1.54, 1.807) is 0 Å². The van der Waals surface area contributed by atoms with Crippen LogP contribution in [0.15, 0.2) is 0 Å². The van der Waals surface area contributed by atoms with Crippen LogP contribution in [0.1, 0.15) is 46.0 Å². The van der Waals surface area contributed by atoms with Crippen LogP contribution in [0.5, 0.6) is 0 Å². The van der Waals surface area contributed by atoms with Gasteiger partial charge in [0.25, 0.3) is 0 Å². The van der Waals surface area contributed by atoms with Crippen LogP contribution in [0, 0.1) is 11.8 Å². The van der Waals surface area contributed by atoms with Crippen molar-refractivity contribution in [2.24, 2.45) is 11.8 Å². The molecule has 7 heteroatoms. The molecule has 0 aliphatic heterocycles. The first-order valence-corrected chi connectivity index (χ1v) is 7.29. The quantitative estimate of drug-likeness (QED) is 0.592. The van der Waals surface area contributed by atoms with Crippen molar-refractivity contribution in [2.45, 2.75) is 58.0 Å². The van der Waals surface area contributed by atoms with Gasteiger partial charge < -0.3 is 20.8 Å². The van der Waals surface area contributed by atoms with E-state index in [0.29, 0.717) is 11.8 Å². The summed E-state index contributed by atoms with van der Waals surface area (Å²) in [6.07, 6.45) is 2.47. The van der Waals surface area contributed by atoms with E-state index >= 15 is 0 Å². The van der Waals surface area contributed by atoms with Gasteiger partial charge in [-0.3, -0.25) is 4.79 Å². The molecular weight excluding hydrogens is 276 g/mol. The first-order chi connectivity index (χ1) is 9.77. The summed E-state index contributed by atoms with van der Waals surface area (Å²) in [5.41, 5.74) is 0. The lowest BCUT2D eigenvalue weighted by molar-refractivity contribution is -0.140. The zero-order valence-electron chi connectivity index (χ0n) is 12.5. The van der Waals surface area contributed by atoms with Crippen LogP contribution in [0.3, 0.4) is 0 Å². The Hall–Kier alpha value is -1.79. The van der Waals surface area contributed by atoms with E-state index in [2.05, 4.69) is 24.5 Å². The topological polar surface area (TPSA) is 116 Å². The van der Waals surface area contributed by atoms with Gasteiger partial charge in [-0.2, -0.15) is 0 Å².